The molecule has 2 aromatic rings. The van der Waals surface area contributed by atoms with Crippen LogP contribution in [0.1, 0.15) is 58.3 Å². The van der Waals surface area contributed by atoms with E-state index in [1.54, 1.807) is 12.1 Å². The molecule has 2 aliphatic rings. The average molecular weight is 459 g/mol. The molecule has 1 saturated heterocycles. The van der Waals surface area contributed by atoms with Crippen LogP contribution in [0, 0.1) is 11.7 Å². The maximum absolute atomic E-state index is 14.2. The smallest absolute Gasteiger partial charge is 0.323 e. The summed E-state index contributed by atoms with van der Waals surface area (Å²) < 4.78 is 25.2. The Morgan fingerprint density at radius 1 is 1.09 bits per heavy atom. The summed E-state index contributed by atoms with van der Waals surface area (Å²) >= 11 is 0. The highest BCUT2D eigenvalue weighted by Crippen LogP contribution is 2.26. The lowest BCUT2D eigenvalue weighted by Crippen LogP contribution is -2.40. The van der Waals surface area contributed by atoms with E-state index in [1.807, 2.05) is 0 Å². The average Bonchev–Trinajstić information content (AvgIpc) is 3.37. The zero-order chi connectivity index (χ0) is 23.0. The van der Waals surface area contributed by atoms with E-state index in [0.29, 0.717) is 36.2 Å². The van der Waals surface area contributed by atoms with Crippen LogP contribution in [0.2, 0.25) is 0 Å². The van der Waals surface area contributed by atoms with Crippen LogP contribution in [0.15, 0.2) is 18.2 Å². The Balaban J connectivity index is 1.52. The highest BCUT2D eigenvalue weighted by atomic mass is 19.1. The van der Waals surface area contributed by atoms with Gasteiger partial charge in [-0.25, -0.2) is 4.39 Å². The van der Waals surface area contributed by atoms with Gasteiger partial charge >= 0.3 is 6.01 Å². The largest absolute Gasteiger partial charge is 0.494 e. The van der Waals surface area contributed by atoms with Crippen molar-refractivity contribution in [3.63, 3.8) is 0 Å². The normalized spacial score (nSPS) is 19.8. The summed E-state index contributed by atoms with van der Waals surface area (Å²) in [5.74, 6) is 1.03. The minimum absolute atomic E-state index is 0.185. The van der Waals surface area contributed by atoms with Crippen LogP contribution in [0.25, 0.3) is 0 Å². The molecule has 2 fully saturated rings. The zero-order valence-corrected chi connectivity index (χ0v) is 19.6. The summed E-state index contributed by atoms with van der Waals surface area (Å²) in [6.45, 7) is 3.78. The zero-order valence-electron chi connectivity index (χ0n) is 19.6. The molecular weight excluding hydrogens is 423 g/mol. The topological polar surface area (TPSA) is 93.2 Å². The highest BCUT2D eigenvalue weighted by Gasteiger charge is 2.24. The molecule has 33 heavy (non-hydrogen) atoms. The molecule has 1 aliphatic heterocycles. The summed E-state index contributed by atoms with van der Waals surface area (Å²) in [5, 5.41) is 10.1. The van der Waals surface area contributed by atoms with Gasteiger partial charge in [0, 0.05) is 23.8 Å². The molecule has 2 heterocycles. The first-order valence-electron chi connectivity index (χ1n) is 12.1. The number of aromatic nitrogens is 3. The van der Waals surface area contributed by atoms with Crippen molar-refractivity contribution in [3.05, 3.63) is 24.0 Å². The lowest BCUT2D eigenvalue weighted by molar-refractivity contribution is 0.196. The molecule has 0 amide bonds. The van der Waals surface area contributed by atoms with E-state index < -0.39 is 5.82 Å². The Morgan fingerprint density at radius 2 is 1.91 bits per heavy atom. The fraction of sp³-hybridized carbons (Fsp3) is 0.625. The first-order chi connectivity index (χ1) is 16.1. The monoisotopic (exact) mass is 458 g/mol. The van der Waals surface area contributed by atoms with Gasteiger partial charge in [-0.2, -0.15) is 15.0 Å². The van der Waals surface area contributed by atoms with Crippen LogP contribution < -0.4 is 25.4 Å². The van der Waals surface area contributed by atoms with Gasteiger partial charge in [-0.05, 0) is 56.7 Å². The molecule has 2 unspecified atom stereocenters. The van der Waals surface area contributed by atoms with Crippen LogP contribution in [-0.2, 0) is 0 Å². The van der Waals surface area contributed by atoms with Crippen LogP contribution >= 0.6 is 0 Å². The number of methoxy groups -OCH3 is 1. The van der Waals surface area contributed by atoms with Gasteiger partial charge in [0.1, 0.15) is 0 Å². The molecule has 1 aromatic carbocycles. The minimum atomic E-state index is -0.456. The number of ether oxygens (including phenoxy) is 2. The summed E-state index contributed by atoms with van der Waals surface area (Å²) in [5.41, 5.74) is 0.521. The van der Waals surface area contributed by atoms with Gasteiger partial charge in [0.05, 0.1) is 13.7 Å². The van der Waals surface area contributed by atoms with Crippen molar-refractivity contribution in [2.45, 2.75) is 70.4 Å². The van der Waals surface area contributed by atoms with Gasteiger partial charge in [-0.15, -0.1) is 0 Å². The minimum Gasteiger partial charge on any atom is -0.494 e. The Bertz CT molecular complexity index is 903. The van der Waals surface area contributed by atoms with Gasteiger partial charge in [-0.3, -0.25) is 0 Å². The maximum atomic E-state index is 14.2. The second-order valence-electron chi connectivity index (χ2n) is 8.92. The number of halogens is 1. The molecule has 0 radical (unpaired) electrons. The lowest BCUT2D eigenvalue weighted by Gasteiger charge is -2.24. The molecule has 0 bridgehead atoms. The standard InChI is InChI=1S/C24H35FN6O2/c1-3-19(20-10-7-13-26-20)28-23-29-22(27-17-11-12-21(32-2)18(25)14-17)30-24(31-23)33-15-16-8-5-4-6-9-16/h11-12,14,16,19-20,26H,3-10,13,15H2,1-2H3,(H2,27,28,29,30,31). The maximum Gasteiger partial charge on any atom is 0.323 e. The van der Waals surface area contributed by atoms with Crippen molar-refractivity contribution in [3.8, 4) is 11.8 Å². The Kier molecular flexibility index (Phi) is 8.15. The number of nitrogens with one attached hydrogen (secondary N) is 3. The second-order valence-corrected chi connectivity index (χ2v) is 8.92. The molecule has 9 heteroatoms. The third kappa shape index (κ3) is 6.43. The number of hydrogen-bond acceptors (Lipinski definition) is 8. The first-order valence-corrected chi connectivity index (χ1v) is 12.1. The lowest BCUT2D eigenvalue weighted by atomic mass is 9.90. The molecule has 180 valence electrons. The van der Waals surface area contributed by atoms with E-state index >= 15 is 0 Å². The van der Waals surface area contributed by atoms with Crippen molar-refractivity contribution in [2.24, 2.45) is 5.92 Å². The fourth-order valence-corrected chi connectivity index (χ4v) is 4.67. The summed E-state index contributed by atoms with van der Waals surface area (Å²) in [4.78, 5) is 13.5. The number of anilines is 3. The molecule has 2 atom stereocenters. The van der Waals surface area contributed by atoms with Crippen LogP contribution in [0.5, 0.6) is 11.8 Å². The third-order valence-electron chi connectivity index (χ3n) is 6.53. The molecular formula is C24H35FN6O2. The quantitative estimate of drug-likeness (QED) is 0.473. The van der Waals surface area contributed by atoms with Crippen molar-refractivity contribution in [1.29, 1.82) is 0 Å². The van der Waals surface area contributed by atoms with Crippen LogP contribution in [-0.4, -0.2) is 47.3 Å². The molecule has 1 saturated carbocycles. The van der Waals surface area contributed by atoms with Gasteiger partial charge in [-0.1, -0.05) is 26.2 Å². The van der Waals surface area contributed by atoms with Crippen LogP contribution in [0.4, 0.5) is 22.0 Å². The number of benzene rings is 1. The van der Waals surface area contributed by atoms with E-state index in [4.69, 9.17) is 9.47 Å². The van der Waals surface area contributed by atoms with E-state index in [2.05, 4.69) is 37.8 Å². The SMILES string of the molecule is CCC(Nc1nc(Nc2ccc(OC)c(F)c2)nc(OCC2CCCCC2)n1)C1CCCN1. The van der Waals surface area contributed by atoms with Crippen LogP contribution in [0.3, 0.4) is 0 Å². The van der Waals surface area contributed by atoms with Gasteiger partial charge in [0.15, 0.2) is 11.6 Å². The van der Waals surface area contributed by atoms with Crippen molar-refractivity contribution in [1.82, 2.24) is 20.3 Å². The van der Waals surface area contributed by atoms with Gasteiger partial charge < -0.3 is 25.4 Å². The molecule has 8 nitrogen and oxygen atoms in total. The molecule has 1 aliphatic carbocycles. The number of hydrogen-bond donors (Lipinski definition) is 3. The van der Waals surface area contributed by atoms with E-state index in [9.17, 15) is 4.39 Å². The van der Waals surface area contributed by atoms with E-state index in [1.165, 1.54) is 51.7 Å². The Morgan fingerprint density at radius 3 is 2.61 bits per heavy atom. The highest BCUT2D eigenvalue weighted by molar-refractivity contribution is 5.56. The number of nitrogens with zero attached hydrogens (tertiary/aromatic N) is 3. The fourth-order valence-electron chi connectivity index (χ4n) is 4.67. The predicted octanol–water partition coefficient (Wildman–Crippen LogP) is 4.66. The van der Waals surface area contributed by atoms with Gasteiger partial charge in [0.2, 0.25) is 11.9 Å². The second kappa shape index (κ2) is 11.4. The molecule has 3 N–H and O–H groups in total. The summed E-state index contributed by atoms with van der Waals surface area (Å²) in [7, 11) is 1.44. The number of rotatable bonds is 10. The predicted molar refractivity (Wildman–Crippen MR) is 127 cm³/mol. The molecule has 1 aromatic heterocycles. The van der Waals surface area contributed by atoms with Crippen molar-refractivity contribution < 1.29 is 13.9 Å². The first kappa shape index (κ1) is 23.5. The molecule has 4 rings (SSSR count). The third-order valence-corrected chi connectivity index (χ3v) is 6.53. The Hall–Kier alpha value is -2.68. The van der Waals surface area contributed by atoms with Crippen molar-refractivity contribution in [2.75, 3.05) is 30.9 Å². The molecule has 0 spiro atoms. The van der Waals surface area contributed by atoms with E-state index in [-0.39, 0.29) is 17.8 Å². The Labute approximate surface area is 195 Å². The van der Waals surface area contributed by atoms with Gasteiger partial charge in [0.25, 0.3) is 0 Å². The summed E-state index contributed by atoms with van der Waals surface area (Å²) in [6, 6.07) is 5.51. The van der Waals surface area contributed by atoms with E-state index in [0.717, 1.165) is 19.4 Å². The summed E-state index contributed by atoms with van der Waals surface area (Å²) in [6.07, 6.45) is 9.39. The van der Waals surface area contributed by atoms with Crippen molar-refractivity contribution >= 4 is 17.6 Å².